The molecule has 0 atom stereocenters. The van der Waals surface area contributed by atoms with Crippen LogP contribution in [0, 0.1) is 0 Å². The molecular formula is C27H27N3O3. The Labute approximate surface area is 193 Å². The fourth-order valence-electron chi connectivity index (χ4n) is 4.84. The van der Waals surface area contributed by atoms with Crippen LogP contribution in [-0.4, -0.2) is 60.2 Å². The Balaban J connectivity index is 1.42. The van der Waals surface area contributed by atoms with Gasteiger partial charge in [0.25, 0.3) is 17.7 Å². The number of rotatable bonds is 5. The van der Waals surface area contributed by atoms with E-state index in [1.807, 2.05) is 72.5 Å². The fourth-order valence-corrected chi connectivity index (χ4v) is 4.84. The van der Waals surface area contributed by atoms with E-state index < -0.39 is 0 Å². The number of hydrogen-bond acceptors (Lipinski definition) is 4. The molecule has 2 aliphatic heterocycles. The van der Waals surface area contributed by atoms with Crippen LogP contribution in [0.3, 0.4) is 0 Å². The van der Waals surface area contributed by atoms with Crippen LogP contribution in [-0.2, 0) is 0 Å². The summed E-state index contributed by atoms with van der Waals surface area (Å²) in [6, 6.07) is 18.9. The first-order valence-electron chi connectivity index (χ1n) is 11.6. The number of benzene rings is 3. The molecule has 0 aliphatic carbocycles. The summed E-state index contributed by atoms with van der Waals surface area (Å²) in [6.45, 7) is 5.14. The van der Waals surface area contributed by atoms with E-state index in [0.717, 1.165) is 29.3 Å². The number of piperazine rings is 1. The number of carbonyl (C=O) groups is 3. The number of hydrogen-bond donors (Lipinski definition) is 0. The number of imide groups is 1. The second-order valence-corrected chi connectivity index (χ2v) is 8.62. The fraction of sp³-hybridized carbons (Fsp3) is 0.296. The standard InChI is InChI=1S/C27H27N3O3/c1-2-3-14-30-26(32)21-11-7-10-20-23(13-12-22(24(20)21)27(30)33)28-15-17-29(18-16-28)25(31)19-8-5-4-6-9-19/h4-13H,2-3,14-18H2,1H3. The monoisotopic (exact) mass is 441 g/mol. The molecule has 1 saturated heterocycles. The molecule has 3 amide bonds. The van der Waals surface area contributed by atoms with Gasteiger partial charge in [0.2, 0.25) is 0 Å². The normalized spacial score (nSPS) is 16.0. The van der Waals surface area contributed by atoms with Crippen molar-refractivity contribution in [2.24, 2.45) is 0 Å². The SMILES string of the molecule is CCCCN1C(=O)c2cccc3c(N4CCN(C(=O)c5ccccc5)CC4)ccc(c23)C1=O. The zero-order valence-corrected chi connectivity index (χ0v) is 18.8. The summed E-state index contributed by atoms with van der Waals surface area (Å²) in [4.78, 5) is 44.5. The van der Waals surface area contributed by atoms with Gasteiger partial charge < -0.3 is 9.80 Å². The van der Waals surface area contributed by atoms with E-state index >= 15 is 0 Å². The number of unbranched alkanes of at least 4 members (excludes halogenated alkanes) is 1. The van der Waals surface area contributed by atoms with Crippen LogP contribution >= 0.6 is 0 Å². The molecule has 0 spiro atoms. The third-order valence-corrected chi connectivity index (χ3v) is 6.63. The zero-order chi connectivity index (χ0) is 22.9. The van der Waals surface area contributed by atoms with Crippen LogP contribution in [0.1, 0.15) is 50.8 Å². The maximum atomic E-state index is 13.1. The van der Waals surface area contributed by atoms with E-state index in [0.29, 0.717) is 49.4 Å². The first-order valence-corrected chi connectivity index (χ1v) is 11.6. The van der Waals surface area contributed by atoms with Crippen LogP contribution in [0.5, 0.6) is 0 Å². The minimum Gasteiger partial charge on any atom is -0.367 e. The van der Waals surface area contributed by atoms with E-state index in [1.54, 1.807) is 0 Å². The van der Waals surface area contributed by atoms with Gasteiger partial charge in [0.15, 0.2) is 0 Å². The number of amides is 3. The van der Waals surface area contributed by atoms with Crippen molar-refractivity contribution >= 4 is 34.2 Å². The minimum absolute atomic E-state index is 0.0514. The van der Waals surface area contributed by atoms with Crippen molar-refractivity contribution in [1.82, 2.24) is 9.80 Å². The van der Waals surface area contributed by atoms with Gasteiger partial charge in [0.05, 0.1) is 0 Å². The lowest BCUT2D eigenvalue weighted by Gasteiger charge is -2.37. The molecule has 3 aromatic carbocycles. The van der Waals surface area contributed by atoms with Gasteiger partial charge >= 0.3 is 0 Å². The molecule has 1 fully saturated rings. The Hall–Kier alpha value is -3.67. The lowest BCUT2D eigenvalue weighted by molar-refractivity contribution is 0.0607. The maximum absolute atomic E-state index is 13.1. The molecule has 2 heterocycles. The van der Waals surface area contributed by atoms with Crippen LogP contribution in [0.15, 0.2) is 60.7 Å². The molecule has 0 radical (unpaired) electrons. The maximum Gasteiger partial charge on any atom is 0.261 e. The van der Waals surface area contributed by atoms with E-state index in [2.05, 4.69) is 4.90 Å². The Morgan fingerprint density at radius 2 is 1.52 bits per heavy atom. The topological polar surface area (TPSA) is 60.9 Å². The van der Waals surface area contributed by atoms with E-state index in [1.165, 1.54) is 4.90 Å². The molecule has 0 bridgehead atoms. The summed E-state index contributed by atoms with van der Waals surface area (Å²) in [5.41, 5.74) is 2.90. The van der Waals surface area contributed by atoms with Crippen molar-refractivity contribution in [2.45, 2.75) is 19.8 Å². The van der Waals surface area contributed by atoms with Gasteiger partial charge in [-0.1, -0.05) is 43.7 Å². The molecule has 0 saturated carbocycles. The quantitative estimate of drug-likeness (QED) is 0.557. The van der Waals surface area contributed by atoms with Gasteiger partial charge in [-0.2, -0.15) is 0 Å². The first kappa shape index (κ1) is 21.2. The van der Waals surface area contributed by atoms with Crippen LogP contribution in [0.25, 0.3) is 10.8 Å². The average molecular weight is 442 g/mol. The molecule has 6 nitrogen and oxygen atoms in total. The number of anilines is 1. The van der Waals surface area contributed by atoms with Crippen molar-refractivity contribution in [2.75, 3.05) is 37.6 Å². The van der Waals surface area contributed by atoms with Gasteiger partial charge in [0, 0.05) is 65.9 Å². The van der Waals surface area contributed by atoms with Crippen LogP contribution < -0.4 is 4.90 Å². The predicted molar refractivity (Wildman–Crippen MR) is 129 cm³/mol. The first-order chi connectivity index (χ1) is 16.1. The number of carbonyl (C=O) groups excluding carboxylic acids is 3. The van der Waals surface area contributed by atoms with Crippen LogP contribution in [0.2, 0.25) is 0 Å². The highest BCUT2D eigenvalue weighted by atomic mass is 16.2. The second kappa shape index (κ2) is 8.70. The average Bonchev–Trinajstić information content (AvgIpc) is 2.87. The highest BCUT2D eigenvalue weighted by molar-refractivity contribution is 6.26. The molecule has 0 aromatic heterocycles. The lowest BCUT2D eigenvalue weighted by Crippen LogP contribution is -2.49. The summed E-state index contributed by atoms with van der Waals surface area (Å²) in [6.07, 6.45) is 1.72. The van der Waals surface area contributed by atoms with Crippen molar-refractivity contribution < 1.29 is 14.4 Å². The van der Waals surface area contributed by atoms with Gasteiger partial charge in [-0.05, 0) is 36.8 Å². The summed E-state index contributed by atoms with van der Waals surface area (Å²) in [7, 11) is 0. The summed E-state index contributed by atoms with van der Waals surface area (Å²) >= 11 is 0. The molecule has 33 heavy (non-hydrogen) atoms. The van der Waals surface area contributed by atoms with Gasteiger partial charge in [0.1, 0.15) is 0 Å². The van der Waals surface area contributed by atoms with Gasteiger partial charge in [-0.15, -0.1) is 0 Å². The molecule has 6 heteroatoms. The van der Waals surface area contributed by atoms with Crippen molar-refractivity contribution in [3.63, 3.8) is 0 Å². The van der Waals surface area contributed by atoms with Crippen molar-refractivity contribution in [3.05, 3.63) is 77.4 Å². The van der Waals surface area contributed by atoms with Gasteiger partial charge in [-0.25, -0.2) is 0 Å². The minimum atomic E-state index is -0.207. The number of nitrogens with zero attached hydrogens (tertiary/aromatic N) is 3. The molecule has 5 rings (SSSR count). The van der Waals surface area contributed by atoms with Crippen molar-refractivity contribution in [3.8, 4) is 0 Å². The largest absolute Gasteiger partial charge is 0.367 e. The predicted octanol–water partition coefficient (Wildman–Crippen LogP) is 4.20. The summed E-state index contributed by atoms with van der Waals surface area (Å²) in [5.74, 6) is -0.362. The Bertz CT molecular complexity index is 1210. The van der Waals surface area contributed by atoms with E-state index in [9.17, 15) is 14.4 Å². The molecule has 2 aliphatic rings. The van der Waals surface area contributed by atoms with Crippen molar-refractivity contribution in [1.29, 1.82) is 0 Å². The molecule has 3 aromatic rings. The van der Waals surface area contributed by atoms with E-state index in [4.69, 9.17) is 0 Å². The van der Waals surface area contributed by atoms with E-state index in [-0.39, 0.29) is 17.7 Å². The Morgan fingerprint density at radius 1 is 0.818 bits per heavy atom. The molecule has 0 N–H and O–H groups in total. The molecular weight excluding hydrogens is 414 g/mol. The lowest BCUT2D eigenvalue weighted by atomic mass is 9.92. The third kappa shape index (κ3) is 3.65. The second-order valence-electron chi connectivity index (χ2n) is 8.62. The Morgan fingerprint density at radius 3 is 2.21 bits per heavy atom. The van der Waals surface area contributed by atoms with Crippen LogP contribution in [0.4, 0.5) is 5.69 Å². The highest BCUT2D eigenvalue weighted by Crippen LogP contribution is 2.36. The van der Waals surface area contributed by atoms with Gasteiger partial charge in [-0.3, -0.25) is 19.3 Å². The zero-order valence-electron chi connectivity index (χ0n) is 18.8. The molecule has 168 valence electrons. The summed E-state index contributed by atoms with van der Waals surface area (Å²) < 4.78 is 0. The smallest absolute Gasteiger partial charge is 0.261 e. The Kier molecular flexibility index (Phi) is 5.58. The summed E-state index contributed by atoms with van der Waals surface area (Å²) in [5, 5.41) is 1.67. The third-order valence-electron chi connectivity index (χ3n) is 6.63. The highest BCUT2D eigenvalue weighted by Gasteiger charge is 2.33. The molecule has 0 unspecified atom stereocenters.